The highest BCUT2D eigenvalue weighted by Gasteiger charge is 2.13. The molecule has 1 atom stereocenters. The van der Waals surface area contributed by atoms with Gasteiger partial charge < -0.3 is 14.4 Å². The van der Waals surface area contributed by atoms with Crippen LogP contribution in [0.2, 0.25) is 0 Å². The van der Waals surface area contributed by atoms with Crippen LogP contribution in [0.5, 0.6) is 5.75 Å². The lowest BCUT2D eigenvalue weighted by Gasteiger charge is -2.15. The van der Waals surface area contributed by atoms with Gasteiger partial charge in [-0.2, -0.15) is 0 Å². The van der Waals surface area contributed by atoms with Crippen molar-refractivity contribution in [2.24, 2.45) is 0 Å². The van der Waals surface area contributed by atoms with Crippen LogP contribution in [-0.2, 0) is 13.0 Å². The number of imidazole rings is 1. The molecular weight excluding hydrogens is 288 g/mol. The first-order valence-electron chi connectivity index (χ1n) is 7.99. The van der Waals surface area contributed by atoms with Crippen molar-refractivity contribution in [1.29, 1.82) is 0 Å². The summed E-state index contributed by atoms with van der Waals surface area (Å²) in [6, 6.07) is 15.9. The van der Waals surface area contributed by atoms with Crippen molar-refractivity contribution in [3.8, 4) is 5.75 Å². The van der Waals surface area contributed by atoms with Gasteiger partial charge in [0.15, 0.2) is 0 Å². The summed E-state index contributed by atoms with van der Waals surface area (Å²) < 4.78 is 7.78. The monoisotopic (exact) mass is 310 g/mol. The molecule has 0 unspecified atom stereocenters. The number of fused-ring (bicyclic) bond motifs is 1. The van der Waals surface area contributed by atoms with Gasteiger partial charge in [0.25, 0.3) is 0 Å². The molecular formula is C19H22N2O2. The molecule has 4 heteroatoms. The summed E-state index contributed by atoms with van der Waals surface area (Å²) in [5.74, 6) is 1.77. The second-order valence-electron chi connectivity index (χ2n) is 5.76. The van der Waals surface area contributed by atoms with Crippen molar-refractivity contribution in [1.82, 2.24) is 9.55 Å². The topological polar surface area (TPSA) is 47.3 Å². The normalized spacial score (nSPS) is 12.5. The fraction of sp³-hybridized carbons (Fsp3) is 0.316. The van der Waals surface area contributed by atoms with Gasteiger partial charge in [0.2, 0.25) is 0 Å². The zero-order chi connectivity index (χ0) is 16.2. The Morgan fingerprint density at radius 3 is 2.78 bits per heavy atom. The second-order valence-corrected chi connectivity index (χ2v) is 5.76. The molecule has 1 heterocycles. The van der Waals surface area contributed by atoms with Crippen molar-refractivity contribution in [2.45, 2.75) is 32.9 Å². The van der Waals surface area contributed by atoms with E-state index in [2.05, 4.69) is 16.5 Å². The van der Waals surface area contributed by atoms with Gasteiger partial charge in [-0.25, -0.2) is 4.98 Å². The molecule has 4 nitrogen and oxygen atoms in total. The molecule has 0 spiro atoms. The first-order chi connectivity index (χ1) is 11.2. The summed E-state index contributed by atoms with van der Waals surface area (Å²) in [4.78, 5) is 4.63. The molecule has 0 saturated heterocycles. The quantitative estimate of drug-likeness (QED) is 0.759. The van der Waals surface area contributed by atoms with Crippen molar-refractivity contribution in [2.75, 3.05) is 6.61 Å². The second kappa shape index (κ2) is 6.84. The molecule has 0 aliphatic carbocycles. The lowest BCUT2D eigenvalue weighted by molar-refractivity contribution is 0.0927. The first-order valence-corrected chi connectivity index (χ1v) is 7.99. The van der Waals surface area contributed by atoms with Crippen LogP contribution in [0.1, 0.15) is 18.3 Å². The van der Waals surface area contributed by atoms with Crippen molar-refractivity contribution < 1.29 is 9.84 Å². The van der Waals surface area contributed by atoms with Crippen molar-refractivity contribution >= 4 is 11.0 Å². The number of para-hydroxylation sites is 2. The van der Waals surface area contributed by atoms with Crippen LogP contribution < -0.4 is 4.74 Å². The smallest absolute Gasteiger partial charge is 0.119 e. The molecule has 120 valence electrons. The number of nitrogens with zero attached hydrogens (tertiary/aromatic N) is 2. The van der Waals surface area contributed by atoms with Crippen LogP contribution in [0, 0.1) is 6.92 Å². The number of hydrogen-bond acceptors (Lipinski definition) is 3. The van der Waals surface area contributed by atoms with E-state index in [9.17, 15) is 5.11 Å². The Labute approximate surface area is 136 Å². The molecule has 0 radical (unpaired) electrons. The molecule has 2 aromatic carbocycles. The zero-order valence-electron chi connectivity index (χ0n) is 13.6. The Morgan fingerprint density at radius 1 is 1.17 bits per heavy atom. The molecule has 1 N–H and O–H groups in total. The molecule has 0 fully saturated rings. The van der Waals surface area contributed by atoms with E-state index in [1.54, 1.807) is 0 Å². The summed E-state index contributed by atoms with van der Waals surface area (Å²) in [6.45, 7) is 4.84. The first kappa shape index (κ1) is 15.6. The SMILES string of the molecule is CCc1nc2ccccc2n1C[C@H](O)COc1cccc(C)c1. The Bertz CT molecular complexity index is 795. The highest BCUT2D eigenvalue weighted by atomic mass is 16.5. The molecule has 23 heavy (non-hydrogen) atoms. The minimum absolute atomic E-state index is 0.263. The molecule has 0 amide bonds. The highest BCUT2D eigenvalue weighted by Crippen LogP contribution is 2.18. The Morgan fingerprint density at radius 2 is 2.00 bits per heavy atom. The summed E-state index contributed by atoms with van der Waals surface area (Å²) in [7, 11) is 0. The van der Waals surface area contributed by atoms with Crippen LogP contribution in [0.3, 0.4) is 0 Å². The number of rotatable bonds is 6. The number of aliphatic hydroxyl groups excluding tert-OH is 1. The number of aromatic nitrogens is 2. The highest BCUT2D eigenvalue weighted by molar-refractivity contribution is 5.75. The van der Waals surface area contributed by atoms with Crippen LogP contribution >= 0.6 is 0 Å². The number of aryl methyl sites for hydroxylation is 2. The third kappa shape index (κ3) is 3.54. The predicted molar refractivity (Wildman–Crippen MR) is 91.8 cm³/mol. The summed E-state index contributed by atoms with van der Waals surface area (Å²) in [5, 5.41) is 10.4. The van der Waals surface area contributed by atoms with E-state index >= 15 is 0 Å². The largest absolute Gasteiger partial charge is 0.491 e. The molecule has 3 aromatic rings. The Hall–Kier alpha value is -2.33. The van der Waals surface area contributed by atoms with Gasteiger partial charge in [-0.3, -0.25) is 0 Å². The van der Waals surface area contributed by atoms with E-state index in [-0.39, 0.29) is 6.61 Å². The Balaban J connectivity index is 1.71. The lowest BCUT2D eigenvalue weighted by Crippen LogP contribution is -2.24. The van der Waals surface area contributed by atoms with Crippen LogP contribution in [0.15, 0.2) is 48.5 Å². The van der Waals surface area contributed by atoms with Gasteiger partial charge in [-0.15, -0.1) is 0 Å². The number of benzene rings is 2. The number of ether oxygens (including phenoxy) is 1. The predicted octanol–water partition coefficient (Wildman–Crippen LogP) is 3.35. The van der Waals surface area contributed by atoms with E-state index in [1.165, 1.54) is 0 Å². The van der Waals surface area contributed by atoms with E-state index in [0.29, 0.717) is 6.54 Å². The lowest BCUT2D eigenvalue weighted by atomic mass is 10.2. The molecule has 0 saturated carbocycles. The third-order valence-electron chi connectivity index (χ3n) is 3.88. The summed E-state index contributed by atoms with van der Waals surface area (Å²) in [6.07, 6.45) is 0.249. The zero-order valence-corrected chi connectivity index (χ0v) is 13.6. The maximum atomic E-state index is 10.4. The summed E-state index contributed by atoms with van der Waals surface area (Å²) >= 11 is 0. The third-order valence-corrected chi connectivity index (χ3v) is 3.88. The van der Waals surface area contributed by atoms with E-state index < -0.39 is 6.10 Å². The van der Waals surface area contributed by atoms with Gasteiger partial charge in [-0.05, 0) is 36.8 Å². The maximum absolute atomic E-state index is 10.4. The van der Waals surface area contributed by atoms with Gasteiger partial charge in [0.05, 0.1) is 17.6 Å². The van der Waals surface area contributed by atoms with Gasteiger partial charge in [0.1, 0.15) is 24.3 Å². The average Bonchev–Trinajstić information content (AvgIpc) is 2.91. The average molecular weight is 310 g/mol. The van der Waals surface area contributed by atoms with E-state index in [1.807, 2.05) is 55.5 Å². The number of hydrogen-bond donors (Lipinski definition) is 1. The standard InChI is InChI=1S/C19H22N2O2/c1-3-19-20-17-9-4-5-10-18(17)21(19)12-15(22)13-23-16-8-6-7-14(2)11-16/h4-11,15,22H,3,12-13H2,1-2H3/t15-/m0/s1. The van der Waals surface area contributed by atoms with Crippen molar-refractivity contribution in [3.05, 3.63) is 59.9 Å². The molecule has 0 aliphatic heterocycles. The van der Waals surface area contributed by atoms with Crippen LogP contribution in [0.4, 0.5) is 0 Å². The summed E-state index contributed by atoms with van der Waals surface area (Å²) in [5.41, 5.74) is 3.17. The fourth-order valence-corrected chi connectivity index (χ4v) is 2.76. The minimum atomic E-state index is -0.585. The van der Waals surface area contributed by atoms with E-state index in [0.717, 1.165) is 34.6 Å². The van der Waals surface area contributed by atoms with Crippen molar-refractivity contribution in [3.63, 3.8) is 0 Å². The van der Waals surface area contributed by atoms with Crippen LogP contribution in [0.25, 0.3) is 11.0 Å². The molecule has 1 aromatic heterocycles. The van der Waals surface area contributed by atoms with Gasteiger partial charge in [0, 0.05) is 6.42 Å². The van der Waals surface area contributed by atoms with Gasteiger partial charge in [-0.1, -0.05) is 31.2 Å². The van der Waals surface area contributed by atoms with Gasteiger partial charge >= 0.3 is 0 Å². The van der Waals surface area contributed by atoms with E-state index in [4.69, 9.17) is 4.74 Å². The molecule has 0 aliphatic rings. The minimum Gasteiger partial charge on any atom is -0.491 e. The molecule has 0 bridgehead atoms. The molecule has 3 rings (SSSR count). The maximum Gasteiger partial charge on any atom is 0.119 e. The number of aliphatic hydroxyl groups is 1. The van der Waals surface area contributed by atoms with Crippen LogP contribution in [-0.4, -0.2) is 27.4 Å². The Kier molecular flexibility index (Phi) is 4.63. The fourth-order valence-electron chi connectivity index (χ4n) is 2.76.